The first kappa shape index (κ1) is 16.4. The van der Waals surface area contributed by atoms with Crippen LogP contribution in [0.2, 0.25) is 0 Å². The Kier molecular flexibility index (Phi) is 4.02. The molecule has 1 amide bonds. The van der Waals surface area contributed by atoms with Crippen LogP contribution in [0.15, 0.2) is 24.5 Å². The van der Waals surface area contributed by atoms with Crippen LogP contribution in [0.5, 0.6) is 0 Å². The third kappa shape index (κ3) is 2.77. The number of aryl methyl sites for hydroxylation is 3. The summed E-state index contributed by atoms with van der Waals surface area (Å²) < 4.78 is 1.74. The highest BCUT2D eigenvalue weighted by Crippen LogP contribution is 2.28. The number of nitrogens with zero attached hydrogens (tertiary/aromatic N) is 6. The lowest BCUT2D eigenvalue weighted by molar-refractivity contribution is -0.120. The van der Waals surface area contributed by atoms with Crippen LogP contribution in [0, 0.1) is 19.8 Å². The van der Waals surface area contributed by atoms with E-state index in [1.54, 1.807) is 4.68 Å². The second kappa shape index (κ2) is 6.36. The molecule has 0 spiro atoms. The minimum Gasteiger partial charge on any atom is -0.353 e. The van der Waals surface area contributed by atoms with Crippen molar-refractivity contribution >= 4 is 28.6 Å². The van der Waals surface area contributed by atoms with Gasteiger partial charge >= 0.3 is 0 Å². The molecule has 0 saturated carbocycles. The maximum absolute atomic E-state index is 12.5. The summed E-state index contributed by atoms with van der Waals surface area (Å²) in [5, 5.41) is 11.3. The smallest absolute Gasteiger partial charge is 0.231 e. The minimum atomic E-state index is -0.0668. The topological polar surface area (TPSA) is 88.8 Å². The van der Waals surface area contributed by atoms with E-state index in [0.717, 1.165) is 17.2 Å². The Morgan fingerprint density at radius 3 is 2.77 bits per heavy atom. The molecule has 1 aromatic carbocycles. The second-order valence-corrected chi connectivity index (χ2v) is 6.66. The van der Waals surface area contributed by atoms with Gasteiger partial charge in [0, 0.05) is 25.3 Å². The van der Waals surface area contributed by atoms with Gasteiger partial charge < -0.3 is 10.2 Å². The van der Waals surface area contributed by atoms with Crippen molar-refractivity contribution in [3.05, 3.63) is 35.7 Å². The van der Waals surface area contributed by atoms with E-state index in [9.17, 15) is 4.79 Å². The SMILES string of the molecule is CCn1nnc2c(N3CC(C(=O)Nc4ccc(C)c(C)c4)C3)ncnc21. The van der Waals surface area contributed by atoms with Crippen molar-refractivity contribution in [1.82, 2.24) is 25.0 Å². The van der Waals surface area contributed by atoms with Crippen LogP contribution in [-0.4, -0.2) is 44.0 Å². The number of hydrogen-bond acceptors (Lipinski definition) is 6. The van der Waals surface area contributed by atoms with Gasteiger partial charge in [-0.2, -0.15) is 0 Å². The lowest BCUT2D eigenvalue weighted by atomic mass is 9.98. The highest BCUT2D eigenvalue weighted by molar-refractivity contribution is 5.95. The van der Waals surface area contributed by atoms with Gasteiger partial charge in [-0.3, -0.25) is 4.79 Å². The number of aromatic nitrogens is 5. The van der Waals surface area contributed by atoms with Crippen molar-refractivity contribution < 1.29 is 4.79 Å². The predicted octanol–water partition coefficient (Wildman–Crippen LogP) is 1.93. The summed E-state index contributed by atoms with van der Waals surface area (Å²) in [6.45, 7) is 8.02. The third-order valence-corrected chi connectivity index (χ3v) is 4.91. The molecule has 0 bridgehead atoms. The van der Waals surface area contributed by atoms with E-state index in [1.165, 1.54) is 17.5 Å². The average Bonchev–Trinajstić information content (AvgIpc) is 3.01. The van der Waals surface area contributed by atoms with E-state index in [2.05, 4.69) is 32.5 Å². The first-order valence-electron chi connectivity index (χ1n) is 8.74. The molecule has 2 aromatic heterocycles. The number of carbonyl (C=O) groups excluding carboxylic acids is 1. The number of nitrogens with one attached hydrogen (secondary N) is 1. The molecule has 0 aliphatic carbocycles. The van der Waals surface area contributed by atoms with Crippen LogP contribution in [-0.2, 0) is 11.3 Å². The highest BCUT2D eigenvalue weighted by Gasteiger charge is 2.35. The average molecular weight is 351 g/mol. The second-order valence-electron chi connectivity index (χ2n) is 6.66. The highest BCUT2D eigenvalue weighted by atomic mass is 16.2. The van der Waals surface area contributed by atoms with Crippen molar-refractivity contribution in [3.63, 3.8) is 0 Å². The number of benzene rings is 1. The lowest BCUT2D eigenvalue weighted by Gasteiger charge is -2.38. The van der Waals surface area contributed by atoms with Crippen molar-refractivity contribution in [3.8, 4) is 0 Å². The molecule has 0 radical (unpaired) electrons. The number of anilines is 2. The molecule has 0 atom stereocenters. The Balaban J connectivity index is 1.44. The first-order valence-corrected chi connectivity index (χ1v) is 8.74. The van der Waals surface area contributed by atoms with Crippen LogP contribution in [0.25, 0.3) is 11.2 Å². The Labute approximate surface area is 151 Å². The van der Waals surface area contributed by atoms with E-state index in [-0.39, 0.29) is 11.8 Å². The van der Waals surface area contributed by atoms with E-state index in [4.69, 9.17) is 0 Å². The van der Waals surface area contributed by atoms with E-state index >= 15 is 0 Å². The fraction of sp³-hybridized carbons (Fsp3) is 0.389. The predicted molar refractivity (Wildman–Crippen MR) is 99.0 cm³/mol. The van der Waals surface area contributed by atoms with Gasteiger partial charge in [0.15, 0.2) is 17.0 Å². The summed E-state index contributed by atoms with van der Waals surface area (Å²) in [5.41, 5.74) is 4.63. The summed E-state index contributed by atoms with van der Waals surface area (Å²) >= 11 is 0. The molecular weight excluding hydrogens is 330 g/mol. The quantitative estimate of drug-likeness (QED) is 0.773. The summed E-state index contributed by atoms with van der Waals surface area (Å²) in [6.07, 6.45) is 1.52. The van der Waals surface area contributed by atoms with E-state index in [1.807, 2.05) is 36.9 Å². The molecule has 1 aliphatic heterocycles. The Morgan fingerprint density at radius 1 is 1.23 bits per heavy atom. The van der Waals surface area contributed by atoms with Gasteiger partial charge in [0.2, 0.25) is 5.91 Å². The minimum absolute atomic E-state index is 0.0343. The van der Waals surface area contributed by atoms with Gasteiger partial charge in [0.1, 0.15) is 6.33 Å². The summed E-state index contributed by atoms with van der Waals surface area (Å²) in [7, 11) is 0. The molecule has 8 heteroatoms. The number of hydrogen-bond donors (Lipinski definition) is 1. The van der Waals surface area contributed by atoms with Crippen LogP contribution in [0.3, 0.4) is 0 Å². The summed E-state index contributed by atoms with van der Waals surface area (Å²) in [6, 6.07) is 5.96. The lowest BCUT2D eigenvalue weighted by Crippen LogP contribution is -2.52. The van der Waals surface area contributed by atoms with Crippen molar-refractivity contribution in [2.75, 3.05) is 23.3 Å². The molecule has 0 unspecified atom stereocenters. The molecule has 134 valence electrons. The Hall–Kier alpha value is -3.03. The zero-order valence-electron chi connectivity index (χ0n) is 15.1. The number of rotatable bonds is 4. The van der Waals surface area contributed by atoms with Gasteiger partial charge in [-0.1, -0.05) is 11.3 Å². The Morgan fingerprint density at radius 2 is 2.04 bits per heavy atom. The van der Waals surface area contributed by atoms with Crippen molar-refractivity contribution in [2.45, 2.75) is 27.3 Å². The van der Waals surface area contributed by atoms with Crippen molar-refractivity contribution in [2.24, 2.45) is 5.92 Å². The maximum atomic E-state index is 12.5. The Bertz CT molecular complexity index is 975. The summed E-state index contributed by atoms with van der Waals surface area (Å²) in [5.74, 6) is 0.708. The fourth-order valence-electron chi connectivity index (χ4n) is 3.11. The summed E-state index contributed by atoms with van der Waals surface area (Å²) in [4.78, 5) is 23.1. The standard InChI is InChI=1S/C18H21N7O/c1-4-25-17-15(22-23-25)16(19-10-20-17)24-8-13(9-24)18(26)21-14-6-5-11(2)12(3)7-14/h5-7,10,13H,4,8-9H2,1-3H3,(H,21,26). The van der Waals surface area contributed by atoms with E-state index in [0.29, 0.717) is 25.2 Å². The van der Waals surface area contributed by atoms with Crippen molar-refractivity contribution in [1.29, 1.82) is 0 Å². The molecule has 1 N–H and O–H groups in total. The molecule has 4 rings (SSSR count). The van der Waals surface area contributed by atoms with Gasteiger partial charge in [0.25, 0.3) is 0 Å². The van der Waals surface area contributed by atoms with Crippen LogP contribution < -0.4 is 10.2 Å². The monoisotopic (exact) mass is 351 g/mol. The number of fused-ring (bicyclic) bond motifs is 1. The van der Waals surface area contributed by atoms with Gasteiger partial charge in [-0.05, 0) is 44.0 Å². The molecule has 26 heavy (non-hydrogen) atoms. The molecule has 1 fully saturated rings. The number of amides is 1. The molecular formula is C18H21N7O. The van der Waals surface area contributed by atoms with Crippen LogP contribution in [0.1, 0.15) is 18.1 Å². The zero-order chi connectivity index (χ0) is 18.3. The molecule has 1 saturated heterocycles. The van der Waals surface area contributed by atoms with Crippen LogP contribution in [0.4, 0.5) is 11.5 Å². The number of carbonyl (C=O) groups is 1. The van der Waals surface area contributed by atoms with Gasteiger partial charge in [-0.15, -0.1) is 5.10 Å². The first-order chi connectivity index (χ1) is 12.6. The maximum Gasteiger partial charge on any atom is 0.231 e. The zero-order valence-corrected chi connectivity index (χ0v) is 15.1. The third-order valence-electron chi connectivity index (χ3n) is 4.91. The molecule has 3 heterocycles. The molecule has 3 aromatic rings. The molecule has 8 nitrogen and oxygen atoms in total. The molecule has 1 aliphatic rings. The van der Waals surface area contributed by atoms with Gasteiger partial charge in [-0.25, -0.2) is 14.6 Å². The largest absolute Gasteiger partial charge is 0.353 e. The van der Waals surface area contributed by atoms with Gasteiger partial charge in [0.05, 0.1) is 5.92 Å². The van der Waals surface area contributed by atoms with E-state index < -0.39 is 0 Å². The van der Waals surface area contributed by atoms with Crippen LogP contribution >= 0.6 is 0 Å². The fourth-order valence-corrected chi connectivity index (χ4v) is 3.11. The normalized spacial score (nSPS) is 14.5.